The van der Waals surface area contributed by atoms with Crippen molar-refractivity contribution in [2.24, 2.45) is 0 Å². The largest absolute Gasteiger partial charge is 0.349 e. The maximum absolute atomic E-state index is 12.4. The molecule has 1 aromatic carbocycles. The van der Waals surface area contributed by atoms with E-state index in [0.29, 0.717) is 23.0 Å². The van der Waals surface area contributed by atoms with Crippen LogP contribution in [0.25, 0.3) is 0 Å². The highest BCUT2D eigenvalue weighted by molar-refractivity contribution is 6.03. The Morgan fingerprint density at radius 2 is 1.74 bits per heavy atom. The number of hydrogen-bond acceptors (Lipinski definition) is 5. The molecule has 0 radical (unpaired) electrons. The van der Waals surface area contributed by atoms with E-state index in [2.05, 4.69) is 26.3 Å². The van der Waals surface area contributed by atoms with Crippen molar-refractivity contribution in [2.45, 2.75) is 37.8 Å². The molecule has 9 heteroatoms. The summed E-state index contributed by atoms with van der Waals surface area (Å²) in [6.45, 7) is 1.90. The molecular formula is C18H23ClN6O2. The Morgan fingerprint density at radius 1 is 1.04 bits per heavy atom. The molecule has 144 valence electrons. The van der Waals surface area contributed by atoms with Crippen molar-refractivity contribution >= 4 is 29.9 Å². The lowest BCUT2D eigenvalue weighted by atomic mass is 10.1. The molecule has 1 aromatic heterocycles. The zero-order chi connectivity index (χ0) is 17.9. The second kappa shape index (κ2) is 8.49. The summed E-state index contributed by atoms with van der Waals surface area (Å²) >= 11 is 0. The first-order valence-corrected chi connectivity index (χ1v) is 9.04. The Kier molecular flexibility index (Phi) is 6.08. The average Bonchev–Trinajstić information content (AvgIpc) is 3.34. The molecule has 1 saturated heterocycles. The number of aromatic nitrogens is 3. The molecule has 0 bridgehead atoms. The molecule has 0 atom stereocenters. The van der Waals surface area contributed by atoms with Gasteiger partial charge in [0.05, 0.1) is 12.2 Å². The molecule has 3 N–H and O–H groups in total. The third-order valence-corrected chi connectivity index (χ3v) is 4.74. The van der Waals surface area contributed by atoms with Crippen LogP contribution in [-0.2, 0) is 0 Å². The van der Waals surface area contributed by atoms with Gasteiger partial charge in [-0.3, -0.25) is 9.59 Å². The average molecular weight is 391 g/mol. The van der Waals surface area contributed by atoms with Gasteiger partial charge in [0.1, 0.15) is 0 Å². The van der Waals surface area contributed by atoms with Crippen molar-refractivity contribution in [1.82, 2.24) is 25.6 Å². The molecular weight excluding hydrogens is 368 g/mol. The fraction of sp³-hybridized carbons (Fsp3) is 0.444. The maximum atomic E-state index is 12.4. The topological polar surface area (TPSA) is 101 Å². The van der Waals surface area contributed by atoms with Crippen LogP contribution in [0.15, 0.2) is 30.5 Å². The van der Waals surface area contributed by atoms with Crippen LogP contribution in [0.5, 0.6) is 0 Å². The second-order valence-corrected chi connectivity index (χ2v) is 6.84. The summed E-state index contributed by atoms with van der Waals surface area (Å²) in [7, 11) is 0. The van der Waals surface area contributed by atoms with Gasteiger partial charge in [0.15, 0.2) is 5.69 Å². The lowest BCUT2D eigenvalue weighted by Gasteiger charge is -2.22. The van der Waals surface area contributed by atoms with Crippen LogP contribution in [0.4, 0.5) is 5.69 Å². The number of anilines is 1. The first-order valence-electron chi connectivity index (χ1n) is 9.04. The fourth-order valence-corrected chi connectivity index (χ4v) is 3.03. The van der Waals surface area contributed by atoms with Crippen LogP contribution in [0.2, 0.25) is 0 Å². The smallest absolute Gasteiger partial charge is 0.277 e. The van der Waals surface area contributed by atoms with Crippen LogP contribution in [0.3, 0.4) is 0 Å². The molecule has 0 unspecified atom stereocenters. The van der Waals surface area contributed by atoms with Crippen LogP contribution < -0.4 is 16.0 Å². The number of rotatable bonds is 5. The maximum Gasteiger partial charge on any atom is 0.277 e. The lowest BCUT2D eigenvalue weighted by molar-refractivity contribution is 0.0950. The van der Waals surface area contributed by atoms with Crippen LogP contribution >= 0.6 is 12.4 Å². The van der Waals surface area contributed by atoms with E-state index in [1.54, 1.807) is 35.1 Å². The lowest BCUT2D eigenvalue weighted by Crippen LogP contribution is -2.29. The molecule has 27 heavy (non-hydrogen) atoms. The number of carbonyl (C=O) groups is 2. The number of carbonyl (C=O) groups excluding carboxylic acids is 2. The van der Waals surface area contributed by atoms with Crippen LogP contribution in [-0.4, -0.2) is 45.9 Å². The van der Waals surface area contributed by atoms with E-state index in [0.717, 1.165) is 38.8 Å². The molecule has 1 aliphatic carbocycles. The number of piperidine rings is 1. The van der Waals surface area contributed by atoms with Gasteiger partial charge in [-0.1, -0.05) is 5.21 Å². The van der Waals surface area contributed by atoms with E-state index in [1.807, 2.05) is 0 Å². The van der Waals surface area contributed by atoms with E-state index in [9.17, 15) is 9.59 Å². The third-order valence-electron chi connectivity index (χ3n) is 4.74. The number of amides is 2. The molecule has 1 saturated carbocycles. The monoisotopic (exact) mass is 390 g/mol. The highest BCUT2D eigenvalue weighted by Crippen LogP contribution is 2.20. The molecule has 2 aliphatic rings. The molecule has 8 nitrogen and oxygen atoms in total. The summed E-state index contributed by atoms with van der Waals surface area (Å²) in [5.41, 5.74) is 1.50. The molecule has 2 amide bonds. The van der Waals surface area contributed by atoms with Crippen molar-refractivity contribution in [3.8, 4) is 0 Å². The van der Waals surface area contributed by atoms with Crippen LogP contribution in [0.1, 0.15) is 52.6 Å². The first-order chi connectivity index (χ1) is 12.7. The summed E-state index contributed by atoms with van der Waals surface area (Å²) in [5, 5.41) is 17.1. The summed E-state index contributed by atoms with van der Waals surface area (Å²) in [5.74, 6) is -0.379. The van der Waals surface area contributed by atoms with Gasteiger partial charge in [-0.25, -0.2) is 4.68 Å². The standard InChI is InChI=1S/C18H22N6O2.ClH/c25-17(20-14-5-6-14)12-1-3-13(4-2-12)21-18(26)16-11-24(23-22-16)15-7-9-19-10-8-15;/h1-4,11,14-15,19H,5-10H2,(H,20,25)(H,21,26);1H. The number of hydrogen-bond donors (Lipinski definition) is 3. The van der Waals surface area contributed by atoms with Gasteiger partial charge in [-0.2, -0.15) is 0 Å². The summed E-state index contributed by atoms with van der Waals surface area (Å²) < 4.78 is 1.78. The molecule has 2 aromatic rings. The van der Waals surface area contributed by atoms with Crippen molar-refractivity contribution < 1.29 is 9.59 Å². The Balaban J connectivity index is 0.00000210. The molecule has 4 rings (SSSR count). The van der Waals surface area contributed by atoms with Gasteiger partial charge in [-0.15, -0.1) is 17.5 Å². The second-order valence-electron chi connectivity index (χ2n) is 6.84. The van der Waals surface area contributed by atoms with Gasteiger partial charge in [-0.05, 0) is 63.0 Å². The van der Waals surface area contributed by atoms with Crippen molar-refractivity contribution in [3.63, 3.8) is 0 Å². The summed E-state index contributed by atoms with van der Waals surface area (Å²) in [4.78, 5) is 24.3. The van der Waals surface area contributed by atoms with Crippen molar-refractivity contribution in [2.75, 3.05) is 18.4 Å². The number of benzene rings is 1. The minimum absolute atomic E-state index is 0. The molecule has 2 fully saturated rings. The summed E-state index contributed by atoms with van der Waals surface area (Å²) in [6, 6.07) is 7.46. The van der Waals surface area contributed by atoms with Gasteiger partial charge < -0.3 is 16.0 Å². The van der Waals surface area contributed by atoms with E-state index >= 15 is 0 Å². The SMILES string of the molecule is Cl.O=C(NC1CC1)c1ccc(NC(=O)c2cn(C3CCNCC3)nn2)cc1. The third kappa shape index (κ3) is 4.84. The molecule has 2 heterocycles. The minimum Gasteiger partial charge on any atom is -0.349 e. The van der Waals surface area contributed by atoms with E-state index in [-0.39, 0.29) is 30.3 Å². The Hall–Kier alpha value is -2.45. The van der Waals surface area contributed by atoms with Crippen molar-refractivity contribution in [3.05, 3.63) is 41.7 Å². The summed E-state index contributed by atoms with van der Waals surface area (Å²) in [6.07, 6.45) is 5.77. The zero-order valence-electron chi connectivity index (χ0n) is 14.9. The Bertz CT molecular complexity index is 796. The fourth-order valence-electron chi connectivity index (χ4n) is 3.03. The van der Waals surface area contributed by atoms with Crippen molar-refractivity contribution in [1.29, 1.82) is 0 Å². The highest BCUT2D eigenvalue weighted by atomic mass is 35.5. The van der Waals surface area contributed by atoms with E-state index in [1.165, 1.54) is 0 Å². The van der Waals surface area contributed by atoms with Crippen LogP contribution in [0, 0.1) is 0 Å². The quantitative estimate of drug-likeness (QED) is 0.722. The number of halogens is 1. The molecule has 0 spiro atoms. The normalized spacial score (nSPS) is 17.0. The van der Waals surface area contributed by atoms with E-state index in [4.69, 9.17) is 0 Å². The predicted octanol–water partition coefficient (Wildman–Crippen LogP) is 1.77. The Labute approximate surface area is 163 Å². The first kappa shape index (κ1) is 19.3. The van der Waals surface area contributed by atoms with Gasteiger partial charge >= 0.3 is 0 Å². The number of nitrogens with one attached hydrogen (secondary N) is 3. The highest BCUT2D eigenvalue weighted by Gasteiger charge is 2.23. The number of nitrogens with zero attached hydrogens (tertiary/aromatic N) is 3. The predicted molar refractivity (Wildman–Crippen MR) is 103 cm³/mol. The van der Waals surface area contributed by atoms with E-state index < -0.39 is 0 Å². The Morgan fingerprint density at radius 3 is 2.41 bits per heavy atom. The van der Waals surface area contributed by atoms with Gasteiger partial charge in [0.2, 0.25) is 0 Å². The zero-order valence-corrected chi connectivity index (χ0v) is 15.7. The van der Waals surface area contributed by atoms with Gasteiger partial charge in [0.25, 0.3) is 11.8 Å². The van der Waals surface area contributed by atoms with Gasteiger partial charge in [0, 0.05) is 17.3 Å². The minimum atomic E-state index is -0.305. The molecule has 1 aliphatic heterocycles.